The Morgan fingerprint density at radius 2 is 2.00 bits per heavy atom. The first kappa shape index (κ1) is 15.1. The highest BCUT2D eigenvalue weighted by Gasteiger charge is 2.13. The molecule has 0 aliphatic heterocycles. The molecule has 1 aromatic carbocycles. The number of hydrogen-bond donors (Lipinski definition) is 2. The van der Waals surface area contributed by atoms with Crippen LogP contribution < -0.4 is 10.6 Å². The van der Waals surface area contributed by atoms with Gasteiger partial charge in [-0.15, -0.1) is 0 Å². The topological polar surface area (TPSA) is 67.2 Å². The van der Waals surface area contributed by atoms with Crippen LogP contribution in [0.1, 0.15) is 41.6 Å². The number of anilines is 1. The largest absolute Gasteiger partial charge is 0.444 e. The molecule has 0 bridgehead atoms. The van der Waals surface area contributed by atoms with Gasteiger partial charge in [0.1, 0.15) is 5.76 Å². The van der Waals surface area contributed by atoms with Crippen LogP contribution >= 0.6 is 0 Å². The summed E-state index contributed by atoms with van der Waals surface area (Å²) < 4.78 is 5.45. The molecule has 0 aliphatic rings. The number of carbonyl (C=O) groups is 1. The Balaban J connectivity index is 2.06. The standard InChI is InChI=1S/C16H21N3O2/c1-10(2)18-14-8-6-5-7-13(14)16(20)17-9-15-19-11(3)12(4)21-15/h5-8,10,18H,9H2,1-4H3,(H,17,20). The van der Waals surface area contributed by atoms with E-state index in [9.17, 15) is 4.79 Å². The van der Waals surface area contributed by atoms with Gasteiger partial charge in [-0.25, -0.2) is 4.98 Å². The highest BCUT2D eigenvalue weighted by Crippen LogP contribution is 2.16. The molecule has 1 amide bonds. The maximum atomic E-state index is 12.3. The van der Waals surface area contributed by atoms with Crippen molar-refractivity contribution in [1.82, 2.24) is 10.3 Å². The van der Waals surface area contributed by atoms with E-state index in [4.69, 9.17) is 4.42 Å². The number of rotatable bonds is 5. The molecule has 112 valence electrons. The Morgan fingerprint density at radius 3 is 2.62 bits per heavy atom. The third-order valence-corrected chi connectivity index (χ3v) is 3.09. The Labute approximate surface area is 124 Å². The summed E-state index contributed by atoms with van der Waals surface area (Å²) in [6.45, 7) is 8.09. The molecule has 1 aromatic heterocycles. The molecule has 0 aliphatic carbocycles. The summed E-state index contributed by atoms with van der Waals surface area (Å²) in [5.74, 6) is 1.15. The van der Waals surface area contributed by atoms with Crippen molar-refractivity contribution in [2.75, 3.05) is 5.32 Å². The molecule has 0 unspecified atom stereocenters. The van der Waals surface area contributed by atoms with Gasteiger partial charge in [0.25, 0.3) is 5.91 Å². The number of aromatic nitrogens is 1. The SMILES string of the molecule is Cc1nc(CNC(=O)c2ccccc2NC(C)C)oc1C. The van der Waals surface area contributed by atoms with Crippen LogP contribution in [0, 0.1) is 13.8 Å². The summed E-state index contributed by atoms with van der Waals surface area (Å²) in [5, 5.41) is 6.10. The van der Waals surface area contributed by atoms with Crippen LogP contribution in [0.2, 0.25) is 0 Å². The van der Waals surface area contributed by atoms with Gasteiger partial charge in [-0.2, -0.15) is 0 Å². The fraction of sp³-hybridized carbons (Fsp3) is 0.375. The number of nitrogens with one attached hydrogen (secondary N) is 2. The van der Waals surface area contributed by atoms with Crippen molar-refractivity contribution in [2.24, 2.45) is 0 Å². The van der Waals surface area contributed by atoms with Crippen molar-refractivity contribution in [3.63, 3.8) is 0 Å². The minimum absolute atomic E-state index is 0.146. The number of aryl methyl sites for hydroxylation is 2. The van der Waals surface area contributed by atoms with Gasteiger partial charge in [0.05, 0.1) is 17.8 Å². The third-order valence-electron chi connectivity index (χ3n) is 3.09. The Kier molecular flexibility index (Phi) is 4.62. The van der Waals surface area contributed by atoms with Crippen molar-refractivity contribution in [1.29, 1.82) is 0 Å². The van der Waals surface area contributed by atoms with Crippen LogP contribution in [0.4, 0.5) is 5.69 Å². The van der Waals surface area contributed by atoms with E-state index in [1.165, 1.54) is 0 Å². The summed E-state index contributed by atoms with van der Waals surface area (Å²) in [5.41, 5.74) is 2.29. The molecule has 1 heterocycles. The van der Waals surface area contributed by atoms with E-state index in [-0.39, 0.29) is 18.5 Å². The monoisotopic (exact) mass is 287 g/mol. The quantitative estimate of drug-likeness (QED) is 0.887. The number of benzene rings is 1. The molecule has 0 fully saturated rings. The summed E-state index contributed by atoms with van der Waals surface area (Å²) in [6, 6.07) is 7.71. The van der Waals surface area contributed by atoms with Gasteiger partial charge in [-0.1, -0.05) is 12.1 Å². The number of amides is 1. The van der Waals surface area contributed by atoms with E-state index in [1.807, 2.05) is 45.9 Å². The second kappa shape index (κ2) is 6.43. The van der Waals surface area contributed by atoms with Gasteiger partial charge in [-0.3, -0.25) is 4.79 Å². The van der Waals surface area contributed by atoms with Gasteiger partial charge < -0.3 is 15.1 Å². The van der Waals surface area contributed by atoms with Crippen molar-refractivity contribution in [3.8, 4) is 0 Å². The zero-order chi connectivity index (χ0) is 15.4. The maximum Gasteiger partial charge on any atom is 0.253 e. The maximum absolute atomic E-state index is 12.3. The Bertz CT molecular complexity index is 613. The molecular formula is C16H21N3O2. The molecule has 0 atom stereocenters. The lowest BCUT2D eigenvalue weighted by molar-refractivity contribution is 0.0948. The van der Waals surface area contributed by atoms with Crippen molar-refractivity contribution >= 4 is 11.6 Å². The fourth-order valence-corrected chi connectivity index (χ4v) is 1.98. The predicted molar refractivity (Wildman–Crippen MR) is 82.3 cm³/mol. The van der Waals surface area contributed by atoms with Crippen molar-refractivity contribution < 1.29 is 9.21 Å². The lowest BCUT2D eigenvalue weighted by Crippen LogP contribution is -2.25. The first-order valence-electron chi connectivity index (χ1n) is 7.04. The van der Waals surface area contributed by atoms with Crippen molar-refractivity contribution in [2.45, 2.75) is 40.3 Å². The molecule has 21 heavy (non-hydrogen) atoms. The van der Waals surface area contributed by atoms with E-state index in [0.29, 0.717) is 11.5 Å². The van der Waals surface area contributed by atoms with Crippen LogP contribution in [0.5, 0.6) is 0 Å². The Morgan fingerprint density at radius 1 is 1.29 bits per heavy atom. The third kappa shape index (κ3) is 3.84. The highest BCUT2D eigenvalue weighted by atomic mass is 16.4. The smallest absolute Gasteiger partial charge is 0.253 e. The molecule has 2 rings (SSSR count). The number of hydrogen-bond acceptors (Lipinski definition) is 4. The average Bonchev–Trinajstić information content (AvgIpc) is 2.75. The number of carbonyl (C=O) groups excluding carboxylic acids is 1. The lowest BCUT2D eigenvalue weighted by atomic mass is 10.1. The minimum Gasteiger partial charge on any atom is -0.444 e. The first-order valence-corrected chi connectivity index (χ1v) is 7.04. The normalized spacial score (nSPS) is 10.7. The van der Waals surface area contributed by atoms with Crippen LogP contribution in [0.3, 0.4) is 0 Å². The number of oxazole rings is 1. The van der Waals surface area contributed by atoms with E-state index < -0.39 is 0 Å². The van der Waals surface area contributed by atoms with E-state index >= 15 is 0 Å². The summed E-state index contributed by atoms with van der Waals surface area (Å²) in [4.78, 5) is 16.5. The molecule has 0 spiro atoms. The second-order valence-electron chi connectivity index (χ2n) is 5.28. The van der Waals surface area contributed by atoms with E-state index in [2.05, 4.69) is 15.6 Å². The van der Waals surface area contributed by atoms with Gasteiger partial charge in [0, 0.05) is 11.7 Å². The first-order chi connectivity index (χ1) is 9.97. The van der Waals surface area contributed by atoms with E-state index in [1.54, 1.807) is 6.07 Å². The highest BCUT2D eigenvalue weighted by molar-refractivity contribution is 5.99. The fourth-order valence-electron chi connectivity index (χ4n) is 1.98. The molecular weight excluding hydrogens is 266 g/mol. The number of para-hydroxylation sites is 1. The predicted octanol–water partition coefficient (Wildman–Crippen LogP) is 3.04. The lowest BCUT2D eigenvalue weighted by Gasteiger charge is -2.14. The number of nitrogens with zero attached hydrogens (tertiary/aromatic N) is 1. The molecule has 0 saturated heterocycles. The zero-order valence-corrected chi connectivity index (χ0v) is 12.9. The van der Waals surface area contributed by atoms with Gasteiger partial charge in [0.2, 0.25) is 5.89 Å². The van der Waals surface area contributed by atoms with Gasteiger partial charge >= 0.3 is 0 Å². The van der Waals surface area contributed by atoms with Crippen LogP contribution in [0.15, 0.2) is 28.7 Å². The second-order valence-corrected chi connectivity index (χ2v) is 5.28. The molecule has 5 nitrogen and oxygen atoms in total. The summed E-state index contributed by atoms with van der Waals surface area (Å²) in [6.07, 6.45) is 0. The average molecular weight is 287 g/mol. The van der Waals surface area contributed by atoms with Crippen molar-refractivity contribution in [3.05, 3.63) is 47.2 Å². The molecule has 5 heteroatoms. The molecule has 0 saturated carbocycles. The summed E-state index contributed by atoms with van der Waals surface area (Å²) in [7, 11) is 0. The minimum atomic E-state index is -0.146. The van der Waals surface area contributed by atoms with Gasteiger partial charge in [0.15, 0.2) is 0 Å². The summed E-state index contributed by atoms with van der Waals surface area (Å²) >= 11 is 0. The molecule has 2 N–H and O–H groups in total. The van der Waals surface area contributed by atoms with Crippen LogP contribution in [0.25, 0.3) is 0 Å². The zero-order valence-electron chi connectivity index (χ0n) is 12.9. The van der Waals surface area contributed by atoms with E-state index in [0.717, 1.165) is 17.1 Å². The molecule has 0 radical (unpaired) electrons. The van der Waals surface area contributed by atoms with Crippen LogP contribution in [-0.2, 0) is 6.54 Å². The van der Waals surface area contributed by atoms with Gasteiger partial charge in [-0.05, 0) is 39.8 Å². The van der Waals surface area contributed by atoms with Crippen LogP contribution in [-0.4, -0.2) is 16.9 Å². The Hall–Kier alpha value is -2.30. The molecule has 2 aromatic rings.